The smallest absolute Gasteiger partial charge is 0.309 e. The second kappa shape index (κ2) is 9.78. The maximum Gasteiger partial charge on any atom is 0.309 e. The van der Waals surface area contributed by atoms with E-state index in [-0.39, 0.29) is 23.4 Å². The minimum atomic E-state index is -0.297. The SMILES string of the molecule is CCOC(=O)C1CCN(C(=O)/C(C#N)=C\NCCc2c[nH]c3ccccc23)CC1. The molecule has 0 atom stereocenters. The summed E-state index contributed by atoms with van der Waals surface area (Å²) in [6.45, 7) is 3.67. The number of nitrogens with one attached hydrogen (secondary N) is 2. The number of piperidine rings is 1. The molecule has 0 aliphatic carbocycles. The van der Waals surface area contributed by atoms with Gasteiger partial charge in [0.05, 0.1) is 12.5 Å². The molecule has 1 saturated heterocycles. The minimum absolute atomic E-state index is 0.0820. The lowest BCUT2D eigenvalue weighted by Gasteiger charge is -2.30. The van der Waals surface area contributed by atoms with Gasteiger partial charge in [0.15, 0.2) is 0 Å². The molecular weight excluding hydrogens is 368 g/mol. The van der Waals surface area contributed by atoms with Crippen LogP contribution in [0.15, 0.2) is 42.2 Å². The Hall–Kier alpha value is -3.27. The van der Waals surface area contributed by atoms with Crippen LogP contribution in [0.2, 0.25) is 0 Å². The van der Waals surface area contributed by atoms with Crippen LogP contribution in [0.4, 0.5) is 0 Å². The zero-order valence-corrected chi connectivity index (χ0v) is 16.6. The van der Waals surface area contributed by atoms with Gasteiger partial charge < -0.3 is 19.9 Å². The summed E-state index contributed by atoms with van der Waals surface area (Å²) in [4.78, 5) is 29.3. The lowest BCUT2D eigenvalue weighted by molar-refractivity contribution is -0.150. The molecule has 2 heterocycles. The van der Waals surface area contributed by atoms with Crippen molar-refractivity contribution < 1.29 is 14.3 Å². The number of aromatic amines is 1. The number of aromatic nitrogens is 1. The van der Waals surface area contributed by atoms with Crippen LogP contribution in [-0.4, -0.2) is 48.0 Å². The van der Waals surface area contributed by atoms with Gasteiger partial charge >= 0.3 is 5.97 Å². The molecule has 0 spiro atoms. The average molecular weight is 394 g/mol. The van der Waals surface area contributed by atoms with Gasteiger partial charge in [0.2, 0.25) is 0 Å². The fraction of sp³-hybridized carbons (Fsp3) is 0.409. The standard InChI is InChI=1S/C22H26N4O3/c1-2-29-22(28)16-8-11-26(12-9-16)21(27)18(13-23)14-24-10-7-17-15-25-20-6-4-3-5-19(17)20/h3-6,14-16,24-25H,2,7-12H2,1H3/b18-14-. The monoisotopic (exact) mass is 394 g/mol. The molecule has 2 aromatic rings. The van der Waals surface area contributed by atoms with Gasteiger partial charge in [-0.25, -0.2) is 0 Å². The van der Waals surface area contributed by atoms with Crippen LogP contribution in [0.1, 0.15) is 25.3 Å². The normalized spacial score (nSPS) is 15.2. The molecule has 1 fully saturated rings. The Morgan fingerprint density at radius 1 is 1.34 bits per heavy atom. The second-order valence-corrected chi connectivity index (χ2v) is 7.05. The predicted molar refractivity (Wildman–Crippen MR) is 110 cm³/mol. The maximum atomic E-state index is 12.6. The lowest BCUT2D eigenvalue weighted by Crippen LogP contribution is -2.41. The zero-order chi connectivity index (χ0) is 20.6. The number of rotatable bonds is 7. The molecule has 0 bridgehead atoms. The van der Waals surface area contributed by atoms with Crippen molar-refractivity contribution in [2.75, 3.05) is 26.2 Å². The van der Waals surface area contributed by atoms with Crippen molar-refractivity contribution in [3.63, 3.8) is 0 Å². The molecule has 7 nitrogen and oxygen atoms in total. The first-order valence-electron chi connectivity index (χ1n) is 9.98. The van der Waals surface area contributed by atoms with Gasteiger partial charge in [-0.3, -0.25) is 9.59 Å². The molecule has 1 aromatic carbocycles. The van der Waals surface area contributed by atoms with E-state index in [9.17, 15) is 14.9 Å². The summed E-state index contributed by atoms with van der Waals surface area (Å²) in [6.07, 6.45) is 5.39. The Morgan fingerprint density at radius 3 is 2.83 bits per heavy atom. The molecule has 1 aromatic heterocycles. The van der Waals surface area contributed by atoms with Gasteiger partial charge in [-0.05, 0) is 37.8 Å². The number of hydrogen-bond donors (Lipinski definition) is 2. The van der Waals surface area contributed by atoms with Crippen molar-refractivity contribution in [3.05, 3.63) is 47.8 Å². The third kappa shape index (κ3) is 4.96. The van der Waals surface area contributed by atoms with E-state index in [1.54, 1.807) is 11.8 Å². The van der Waals surface area contributed by atoms with E-state index in [0.29, 0.717) is 39.1 Å². The van der Waals surface area contributed by atoms with Gasteiger partial charge in [0.1, 0.15) is 11.6 Å². The van der Waals surface area contributed by atoms with Gasteiger partial charge in [0, 0.05) is 42.9 Å². The van der Waals surface area contributed by atoms with E-state index in [4.69, 9.17) is 4.74 Å². The predicted octanol–water partition coefficient (Wildman–Crippen LogP) is 2.51. The Bertz CT molecular complexity index is 933. The molecule has 0 saturated carbocycles. The van der Waals surface area contributed by atoms with Gasteiger partial charge in [0.25, 0.3) is 5.91 Å². The van der Waals surface area contributed by atoms with Crippen LogP contribution >= 0.6 is 0 Å². The van der Waals surface area contributed by atoms with Crippen LogP contribution in [-0.2, 0) is 20.7 Å². The van der Waals surface area contributed by atoms with Crippen LogP contribution in [0.3, 0.4) is 0 Å². The summed E-state index contributed by atoms with van der Waals surface area (Å²) in [5.74, 6) is -0.660. The highest BCUT2D eigenvalue weighted by atomic mass is 16.5. The van der Waals surface area contributed by atoms with E-state index in [1.807, 2.05) is 30.5 Å². The Balaban J connectivity index is 1.50. The summed E-state index contributed by atoms with van der Waals surface area (Å²) in [6, 6.07) is 10.1. The number of hydrogen-bond acceptors (Lipinski definition) is 5. The molecule has 3 rings (SSSR count). The van der Waals surface area contributed by atoms with Crippen molar-refractivity contribution in [2.24, 2.45) is 5.92 Å². The molecule has 2 N–H and O–H groups in total. The van der Waals surface area contributed by atoms with Gasteiger partial charge in [-0.15, -0.1) is 0 Å². The number of H-pyrrole nitrogens is 1. The van der Waals surface area contributed by atoms with Crippen molar-refractivity contribution in [1.29, 1.82) is 5.26 Å². The number of ether oxygens (including phenoxy) is 1. The second-order valence-electron chi connectivity index (χ2n) is 7.05. The molecule has 1 aliphatic rings. The third-order valence-corrected chi connectivity index (χ3v) is 5.21. The molecule has 152 valence electrons. The third-order valence-electron chi connectivity index (χ3n) is 5.21. The highest BCUT2D eigenvalue weighted by Gasteiger charge is 2.29. The first-order chi connectivity index (χ1) is 14.1. The van der Waals surface area contributed by atoms with Gasteiger partial charge in [-0.1, -0.05) is 18.2 Å². The van der Waals surface area contributed by atoms with E-state index < -0.39 is 0 Å². The molecule has 0 unspecified atom stereocenters. The number of carbonyl (C=O) groups excluding carboxylic acids is 2. The number of likely N-dealkylation sites (tertiary alicyclic amines) is 1. The van der Waals surface area contributed by atoms with Crippen molar-refractivity contribution in [3.8, 4) is 6.07 Å². The number of nitriles is 1. The first kappa shape index (κ1) is 20.5. The maximum absolute atomic E-state index is 12.6. The fourth-order valence-corrected chi connectivity index (χ4v) is 3.61. The number of esters is 1. The average Bonchev–Trinajstić information content (AvgIpc) is 3.17. The summed E-state index contributed by atoms with van der Waals surface area (Å²) < 4.78 is 5.05. The summed E-state index contributed by atoms with van der Waals surface area (Å²) in [7, 11) is 0. The van der Waals surface area contributed by atoms with Crippen LogP contribution in [0, 0.1) is 17.2 Å². The van der Waals surface area contributed by atoms with Gasteiger partial charge in [-0.2, -0.15) is 5.26 Å². The summed E-state index contributed by atoms with van der Waals surface area (Å²) >= 11 is 0. The number of nitrogens with zero attached hydrogens (tertiary/aromatic N) is 2. The van der Waals surface area contributed by atoms with Crippen molar-refractivity contribution in [1.82, 2.24) is 15.2 Å². The quantitative estimate of drug-likeness (QED) is 0.325. The topological polar surface area (TPSA) is 98.2 Å². The molecule has 0 radical (unpaired) electrons. The van der Waals surface area contributed by atoms with E-state index in [1.165, 1.54) is 17.1 Å². The van der Waals surface area contributed by atoms with E-state index in [2.05, 4.69) is 16.4 Å². The number of amides is 1. The van der Waals surface area contributed by atoms with E-state index >= 15 is 0 Å². The lowest BCUT2D eigenvalue weighted by atomic mass is 9.96. The Kier molecular flexibility index (Phi) is 6.90. The van der Waals surface area contributed by atoms with Crippen LogP contribution in [0.5, 0.6) is 0 Å². The first-order valence-corrected chi connectivity index (χ1v) is 9.98. The van der Waals surface area contributed by atoms with Crippen LogP contribution in [0.25, 0.3) is 10.9 Å². The fourth-order valence-electron chi connectivity index (χ4n) is 3.61. The number of para-hydroxylation sites is 1. The minimum Gasteiger partial charge on any atom is -0.466 e. The summed E-state index contributed by atoms with van der Waals surface area (Å²) in [5, 5.41) is 13.6. The van der Waals surface area contributed by atoms with Crippen molar-refractivity contribution in [2.45, 2.75) is 26.2 Å². The molecule has 7 heteroatoms. The largest absolute Gasteiger partial charge is 0.466 e. The highest BCUT2D eigenvalue weighted by Crippen LogP contribution is 2.20. The summed E-state index contributed by atoms with van der Waals surface area (Å²) in [5.41, 5.74) is 2.36. The van der Waals surface area contributed by atoms with Crippen LogP contribution < -0.4 is 5.32 Å². The molecule has 29 heavy (non-hydrogen) atoms. The number of fused-ring (bicyclic) bond motifs is 1. The molecular formula is C22H26N4O3. The van der Waals surface area contributed by atoms with E-state index in [0.717, 1.165) is 11.9 Å². The zero-order valence-electron chi connectivity index (χ0n) is 16.6. The highest BCUT2D eigenvalue weighted by molar-refractivity contribution is 5.97. The number of carbonyl (C=O) groups is 2. The molecule has 1 aliphatic heterocycles. The number of benzene rings is 1. The molecule has 1 amide bonds. The van der Waals surface area contributed by atoms with Crippen molar-refractivity contribution >= 4 is 22.8 Å². The Labute approximate surface area is 170 Å². The Morgan fingerprint density at radius 2 is 2.10 bits per heavy atom.